The molecule has 2 heterocycles. The smallest absolute Gasteiger partial charge is 0.358 e. The molecule has 4 nitrogen and oxygen atoms in total. The summed E-state index contributed by atoms with van der Waals surface area (Å²) >= 11 is 0. The predicted molar refractivity (Wildman–Crippen MR) is 219 cm³/mol. The molecule has 0 aromatic rings. The molecule has 6 rings (SSSR count). The Bertz CT molecular complexity index is 1040. The van der Waals surface area contributed by atoms with Crippen LogP contribution in [0.2, 0.25) is 0 Å². The third-order valence-corrected chi connectivity index (χ3v) is 14.3. The van der Waals surface area contributed by atoms with Crippen molar-refractivity contribution < 1.29 is 43.7 Å². The van der Waals surface area contributed by atoms with Gasteiger partial charge in [0.05, 0.1) is 17.8 Å². The zero-order valence-corrected chi connectivity index (χ0v) is 38.2. The Morgan fingerprint density at radius 1 is 0.549 bits per heavy atom. The molecule has 0 N–H and O–H groups in total. The summed E-state index contributed by atoms with van der Waals surface area (Å²) in [7, 11) is 0. The average molecular weight is 793 g/mol. The third-order valence-electron chi connectivity index (χ3n) is 14.3. The van der Waals surface area contributed by atoms with Gasteiger partial charge >= 0.3 is 34.1 Å². The number of allylic oxidation sites excluding steroid dienone is 2. The Labute approximate surface area is 340 Å². The van der Waals surface area contributed by atoms with Crippen molar-refractivity contribution in [2.24, 2.45) is 81.0 Å². The van der Waals surface area contributed by atoms with Crippen LogP contribution in [0.3, 0.4) is 0 Å². The quantitative estimate of drug-likeness (QED) is 0.159. The number of rotatable bonds is 2. The first-order valence-electron chi connectivity index (χ1n) is 18.6. The molecule has 298 valence electrons. The summed E-state index contributed by atoms with van der Waals surface area (Å²) in [5, 5.41) is 0. The van der Waals surface area contributed by atoms with Gasteiger partial charge < -0.3 is 29.7 Å². The summed E-state index contributed by atoms with van der Waals surface area (Å²) in [4.78, 5) is 30.5. The minimum absolute atomic E-state index is 0. The minimum atomic E-state index is 0. The number of carbonyl (C=O) groups excluding carboxylic acids is 2. The van der Waals surface area contributed by atoms with E-state index in [1.54, 1.807) is 6.92 Å². The summed E-state index contributed by atoms with van der Waals surface area (Å²) in [6, 6.07) is 0.819. The molecule has 0 bridgehead atoms. The van der Waals surface area contributed by atoms with E-state index in [1.165, 1.54) is 36.8 Å². The van der Waals surface area contributed by atoms with Crippen molar-refractivity contribution in [2.45, 2.75) is 141 Å². The summed E-state index contributed by atoms with van der Waals surface area (Å²) in [5.74, 6) is 10.7. The largest absolute Gasteiger partial charge is 2.00 e. The maximum absolute atomic E-state index is 11.2. The van der Waals surface area contributed by atoms with E-state index in [1.807, 2.05) is 12.2 Å². The first-order chi connectivity index (χ1) is 21.1. The molecule has 0 spiro atoms. The molecule has 4 atom stereocenters. The van der Waals surface area contributed by atoms with Gasteiger partial charge in [0.2, 0.25) is 0 Å². The Hall–Kier alpha value is -0.801. The molecule has 0 aromatic heterocycles. The number of hydrogen-bond donors (Lipinski definition) is 0. The topological polar surface area (TPSA) is 58.9 Å². The van der Waals surface area contributed by atoms with Crippen LogP contribution in [0.15, 0.2) is 33.3 Å². The van der Waals surface area contributed by atoms with E-state index in [2.05, 4.69) is 93.1 Å². The van der Waals surface area contributed by atoms with E-state index in [0.29, 0.717) is 35.3 Å². The summed E-state index contributed by atoms with van der Waals surface area (Å²) in [6.07, 6.45) is 12.1. The zero-order chi connectivity index (χ0) is 33.7. The number of aldehydes is 1. The molecule has 51 heavy (non-hydrogen) atoms. The molecule has 0 radical (unpaired) electrons. The van der Waals surface area contributed by atoms with Crippen molar-refractivity contribution >= 4 is 23.5 Å². The van der Waals surface area contributed by atoms with Crippen LogP contribution >= 0.6 is 0 Å². The van der Waals surface area contributed by atoms with Crippen molar-refractivity contribution in [3.63, 3.8) is 0 Å². The van der Waals surface area contributed by atoms with Gasteiger partial charge in [0.15, 0.2) is 12.1 Å². The van der Waals surface area contributed by atoms with E-state index >= 15 is 0 Å². The number of aliphatic imine (C=N–C) groups is 2. The van der Waals surface area contributed by atoms with Crippen molar-refractivity contribution in [1.82, 2.24) is 0 Å². The fourth-order valence-electron chi connectivity index (χ4n) is 9.41. The van der Waals surface area contributed by atoms with Crippen molar-refractivity contribution in [1.29, 1.82) is 0 Å². The number of carbonyl (C=O) groups is 2. The van der Waals surface area contributed by atoms with Crippen LogP contribution in [0.25, 0.3) is 0 Å². The van der Waals surface area contributed by atoms with E-state index < -0.39 is 0 Å². The van der Waals surface area contributed by atoms with E-state index in [4.69, 9.17) is 0 Å². The zero-order valence-electron chi connectivity index (χ0n) is 36.0. The van der Waals surface area contributed by atoms with Gasteiger partial charge in [-0.25, -0.2) is 0 Å². The van der Waals surface area contributed by atoms with E-state index in [9.17, 15) is 9.59 Å². The number of dihydropyridines is 2. The van der Waals surface area contributed by atoms with Crippen LogP contribution in [0.1, 0.15) is 129 Å². The summed E-state index contributed by atoms with van der Waals surface area (Å²) in [5.41, 5.74) is 4.01. The van der Waals surface area contributed by atoms with Crippen LogP contribution in [0, 0.1) is 101 Å². The molecule has 0 aromatic carbocycles. The van der Waals surface area contributed by atoms with Gasteiger partial charge in [0.1, 0.15) is 5.71 Å². The molecule has 6 heteroatoms. The number of nitrogens with zero attached hydrogens (tertiary/aromatic N) is 2. The predicted octanol–water partition coefficient (Wildman–Crippen LogP) is 12.1. The molecule has 6 aliphatic rings. The molecular weight excluding hydrogens is 712 g/mol. The van der Waals surface area contributed by atoms with Crippen LogP contribution in [-0.2, 0) is 43.7 Å². The Balaban J connectivity index is -0.000000280. The second kappa shape index (κ2) is 25.3. The van der Waals surface area contributed by atoms with Crippen molar-refractivity contribution in [2.75, 3.05) is 0 Å². The third kappa shape index (κ3) is 13.8. The van der Waals surface area contributed by atoms with Crippen LogP contribution in [0.5, 0.6) is 0 Å². The molecule has 4 saturated carbocycles. The molecule has 4 aliphatic carbocycles. The van der Waals surface area contributed by atoms with Gasteiger partial charge in [0.25, 0.3) is 0 Å². The number of Topliss-reactive ketones (excluding diaryl/α,β-unsaturated/α-hetero) is 1. The number of fused-ring (bicyclic) bond motifs is 2. The average Bonchev–Trinajstić information content (AvgIpc) is 3.78. The maximum atomic E-state index is 11.2. The van der Waals surface area contributed by atoms with Gasteiger partial charge in [-0.2, -0.15) is 0 Å². The normalized spacial score (nSPS) is 37.9. The molecular formula is C45H80Fe2N2O2. The fraction of sp³-hybridized carbons (Fsp3) is 0.733. The second-order valence-corrected chi connectivity index (χ2v) is 16.3. The second-order valence-electron chi connectivity index (χ2n) is 16.3. The first-order valence-corrected chi connectivity index (χ1v) is 18.6. The maximum Gasteiger partial charge on any atom is 2.00 e. The fourth-order valence-corrected chi connectivity index (χ4v) is 9.41. The minimum Gasteiger partial charge on any atom is -0.358 e. The first kappa shape index (κ1) is 56.9. The van der Waals surface area contributed by atoms with Gasteiger partial charge in [-0.05, 0) is 111 Å². The number of ketones is 1. The standard InChI is InChI=1S/C11H15NO.C10H13NO.2C10H20.4CH3.2Fe/c1-7-6-11(8(2)13)12-10-5-3-4-9(7)10;1-7-5-8(6-12)11-10-4-2-3-9(7)10;2*1-6-7(2)9(4)10(5)8(6)3;;;;;;/h6,9-10H,3-5H2,1-2H3;5-6,9-10H,2-4H2,1H3;2*6-10H,1-5H3;4*1H3;;/q;;;;4*-1;2*+2. The molecule has 4 fully saturated rings. The van der Waals surface area contributed by atoms with Gasteiger partial charge in [-0.15, -0.1) is 0 Å². The van der Waals surface area contributed by atoms with Crippen LogP contribution in [-0.4, -0.2) is 35.6 Å². The SMILES string of the molecule is CC(=O)C1=NC2CCCC2C(C)=C1.CC1=CC(C=O)=NC2CCCC12.CC1C(C)C(C)C(C)C1C.CC1C(C)C(C)C(C)C1C.[CH3-].[CH3-].[CH3-].[CH3-].[Fe+2].[Fe+2]. The van der Waals surface area contributed by atoms with Gasteiger partial charge in [-0.3, -0.25) is 19.6 Å². The Morgan fingerprint density at radius 2 is 0.843 bits per heavy atom. The van der Waals surface area contributed by atoms with Crippen LogP contribution < -0.4 is 0 Å². The molecule has 0 saturated heterocycles. The summed E-state index contributed by atoms with van der Waals surface area (Å²) < 4.78 is 0. The molecule has 2 aliphatic heterocycles. The monoisotopic (exact) mass is 792 g/mol. The van der Waals surface area contributed by atoms with Gasteiger partial charge in [-0.1, -0.05) is 93.2 Å². The molecule has 0 amide bonds. The van der Waals surface area contributed by atoms with Crippen molar-refractivity contribution in [3.8, 4) is 0 Å². The van der Waals surface area contributed by atoms with Crippen molar-refractivity contribution in [3.05, 3.63) is 53.0 Å². The summed E-state index contributed by atoms with van der Waals surface area (Å²) in [6.45, 7) is 29.8. The van der Waals surface area contributed by atoms with E-state index in [-0.39, 0.29) is 69.6 Å². The van der Waals surface area contributed by atoms with Gasteiger partial charge in [0, 0.05) is 18.8 Å². The number of hydrogen-bond acceptors (Lipinski definition) is 4. The van der Waals surface area contributed by atoms with E-state index in [0.717, 1.165) is 78.3 Å². The Morgan fingerprint density at radius 3 is 1.14 bits per heavy atom. The molecule has 4 unspecified atom stereocenters. The Kier molecular flexibility index (Phi) is 28.3. The van der Waals surface area contributed by atoms with Crippen LogP contribution in [0.4, 0.5) is 0 Å².